The molecule has 1 atom stereocenters. The molecule has 1 aliphatic heterocycles. The molecule has 2 rings (SSSR count). The molecule has 0 bridgehead atoms. The minimum absolute atomic E-state index is 0.164. The molecule has 100 valence electrons. The highest BCUT2D eigenvalue weighted by Gasteiger charge is 2.39. The molecule has 2 heterocycles. The van der Waals surface area contributed by atoms with Crippen molar-refractivity contribution in [2.75, 3.05) is 13.1 Å². The highest BCUT2D eigenvalue weighted by atomic mass is 16.2. The highest BCUT2D eigenvalue weighted by Crippen LogP contribution is 2.31. The molecule has 0 aromatic carbocycles. The number of carbonyl (C=O) groups excluding carboxylic acids is 1. The van der Waals surface area contributed by atoms with Gasteiger partial charge in [-0.25, -0.2) is 4.98 Å². The number of rotatable bonds is 5. The maximum atomic E-state index is 12.4. The Morgan fingerprint density at radius 1 is 1.67 bits per heavy atom. The Bertz CT molecular complexity index is 407. The van der Waals surface area contributed by atoms with Gasteiger partial charge in [0.15, 0.2) is 0 Å². The fourth-order valence-electron chi connectivity index (χ4n) is 2.66. The summed E-state index contributed by atoms with van der Waals surface area (Å²) < 4.78 is 1.93. The molecule has 2 N–H and O–H groups in total. The van der Waals surface area contributed by atoms with Gasteiger partial charge in [0, 0.05) is 26.0 Å². The van der Waals surface area contributed by atoms with Gasteiger partial charge >= 0.3 is 0 Å². The molecule has 1 saturated heterocycles. The summed E-state index contributed by atoms with van der Waals surface area (Å²) in [4.78, 5) is 16.6. The van der Waals surface area contributed by atoms with Crippen molar-refractivity contribution in [1.29, 1.82) is 0 Å². The third kappa shape index (κ3) is 2.56. The topological polar surface area (TPSA) is 59.0 Å². The van der Waals surface area contributed by atoms with Crippen molar-refractivity contribution in [2.45, 2.75) is 32.7 Å². The van der Waals surface area contributed by atoms with Crippen LogP contribution in [0.2, 0.25) is 0 Å². The quantitative estimate of drug-likeness (QED) is 0.813. The first kappa shape index (κ1) is 13.1. The molecule has 0 saturated carbocycles. The van der Waals surface area contributed by atoms with E-state index in [-0.39, 0.29) is 11.3 Å². The van der Waals surface area contributed by atoms with Crippen LogP contribution in [0.5, 0.6) is 0 Å². The van der Waals surface area contributed by atoms with Gasteiger partial charge in [-0.15, -0.1) is 0 Å². The van der Waals surface area contributed by atoms with Gasteiger partial charge in [-0.3, -0.25) is 4.79 Å². The molecule has 0 aliphatic carbocycles. The van der Waals surface area contributed by atoms with Crippen LogP contribution < -0.4 is 10.6 Å². The van der Waals surface area contributed by atoms with Gasteiger partial charge in [-0.05, 0) is 19.4 Å². The number of nitrogens with one attached hydrogen (secondary N) is 2. The summed E-state index contributed by atoms with van der Waals surface area (Å²) in [5.41, 5.74) is -0.208. The summed E-state index contributed by atoms with van der Waals surface area (Å²) in [6.45, 7) is 4.38. The minimum Gasteiger partial charge on any atom is -0.348 e. The Morgan fingerprint density at radius 2 is 2.50 bits per heavy atom. The van der Waals surface area contributed by atoms with Crippen LogP contribution in [-0.2, 0) is 18.4 Å². The molecular weight excluding hydrogens is 228 g/mol. The smallest absolute Gasteiger partial charge is 0.227 e. The number of nitrogens with zero attached hydrogens (tertiary/aromatic N) is 2. The third-order valence-electron chi connectivity index (χ3n) is 3.78. The molecule has 1 aromatic heterocycles. The minimum atomic E-state index is -0.208. The Morgan fingerprint density at radius 3 is 3.06 bits per heavy atom. The van der Waals surface area contributed by atoms with Gasteiger partial charge < -0.3 is 15.2 Å². The number of carbonyl (C=O) groups is 1. The second kappa shape index (κ2) is 5.52. The molecule has 0 spiro atoms. The molecule has 1 aliphatic rings. The van der Waals surface area contributed by atoms with Gasteiger partial charge in [0.05, 0.1) is 12.0 Å². The first-order chi connectivity index (χ1) is 8.68. The van der Waals surface area contributed by atoms with E-state index >= 15 is 0 Å². The molecular formula is C13H22N4O. The number of amides is 1. The molecule has 1 unspecified atom stereocenters. The van der Waals surface area contributed by atoms with Gasteiger partial charge in [0.25, 0.3) is 0 Å². The normalized spacial score (nSPS) is 23.2. The van der Waals surface area contributed by atoms with Gasteiger partial charge in [0.2, 0.25) is 5.91 Å². The average molecular weight is 250 g/mol. The van der Waals surface area contributed by atoms with Crippen LogP contribution in [0.25, 0.3) is 0 Å². The van der Waals surface area contributed by atoms with E-state index in [0.29, 0.717) is 6.54 Å². The van der Waals surface area contributed by atoms with Crippen LogP contribution in [0.1, 0.15) is 32.0 Å². The lowest BCUT2D eigenvalue weighted by Crippen LogP contribution is -2.42. The van der Waals surface area contributed by atoms with E-state index in [1.807, 2.05) is 17.8 Å². The number of hydrogen-bond donors (Lipinski definition) is 2. The van der Waals surface area contributed by atoms with Crippen molar-refractivity contribution in [3.63, 3.8) is 0 Å². The highest BCUT2D eigenvalue weighted by molar-refractivity contribution is 5.83. The summed E-state index contributed by atoms with van der Waals surface area (Å²) in [5, 5.41) is 6.33. The van der Waals surface area contributed by atoms with Gasteiger partial charge in [-0.1, -0.05) is 13.3 Å². The van der Waals surface area contributed by atoms with Crippen molar-refractivity contribution in [3.8, 4) is 0 Å². The van der Waals surface area contributed by atoms with Crippen molar-refractivity contribution in [2.24, 2.45) is 12.5 Å². The van der Waals surface area contributed by atoms with Crippen molar-refractivity contribution >= 4 is 5.91 Å². The zero-order valence-corrected chi connectivity index (χ0v) is 11.2. The van der Waals surface area contributed by atoms with E-state index in [1.54, 1.807) is 6.20 Å². The molecule has 18 heavy (non-hydrogen) atoms. The van der Waals surface area contributed by atoms with Crippen molar-refractivity contribution in [3.05, 3.63) is 18.2 Å². The van der Waals surface area contributed by atoms with E-state index in [9.17, 15) is 4.79 Å². The fourth-order valence-corrected chi connectivity index (χ4v) is 2.66. The third-order valence-corrected chi connectivity index (χ3v) is 3.78. The Balaban J connectivity index is 1.96. The van der Waals surface area contributed by atoms with E-state index < -0.39 is 0 Å². The number of hydrogen-bond acceptors (Lipinski definition) is 3. The van der Waals surface area contributed by atoms with Crippen molar-refractivity contribution < 1.29 is 4.79 Å². The first-order valence-electron chi connectivity index (χ1n) is 6.63. The van der Waals surface area contributed by atoms with E-state index in [2.05, 4.69) is 22.5 Å². The van der Waals surface area contributed by atoms with Gasteiger partial charge in [-0.2, -0.15) is 0 Å². The maximum absolute atomic E-state index is 12.4. The molecule has 1 amide bonds. The molecule has 0 radical (unpaired) electrons. The van der Waals surface area contributed by atoms with Crippen LogP contribution in [0.3, 0.4) is 0 Å². The molecule has 5 nitrogen and oxygen atoms in total. The summed E-state index contributed by atoms with van der Waals surface area (Å²) >= 11 is 0. The zero-order chi connectivity index (χ0) is 13.0. The fraction of sp³-hybridized carbons (Fsp3) is 0.692. The SMILES string of the molecule is CCCC1(C(=O)NCc2nccn2C)CCNC1. The van der Waals surface area contributed by atoms with Crippen molar-refractivity contribution in [1.82, 2.24) is 20.2 Å². The summed E-state index contributed by atoms with van der Waals surface area (Å²) in [6.07, 6.45) is 6.57. The zero-order valence-electron chi connectivity index (χ0n) is 11.2. The van der Waals surface area contributed by atoms with Crippen LogP contribution >= 0.6 is 0 Å². The molecule has 1 fully saturated rings. The molecule has 1 aromatic rings. The largest absolute Gasteiger partial charge is 0.348 e. The lowest BCUT2D eigenvalue weighted by Gasteiger charge is -2.26. The van der Waals surface area contributed by atoms with E-state index in [4.69, 9.17) is 0 Å². The first-order valence-corrected chi connectivity index (χ1v) is 6.63. The maximum Gasteiger partial charge on any atom is 0.227 e. The number of imidazole rings is 1. The summed E-state index contributed by atoms with van der Waals surface area (Å²) in [7, 11) is 1.94. The van der Waals surface area contributed by atoms with E-state index in [0.717, 1.165) is 38.2 Å². The Labute approximate surface area is 108 Å². The van der Waals surface area contributed by atoms with E-state index in [1.165, 1.54) is 0 Å². The van der Waals surface area contributed by atoms with Crippen LogP contribution in [0.15, 0.2) is 12.4 Å². The Hall–Kier alpha value is -1.36. The number of aryl methyl sites for hydroxylation is 1. The lowest BCUT2D eigenvalue weighted by molar-refractivity contribution is -0.130. The molecule has 5 heteroatoms. The average Bonchev–Trinajstić information content (AvgIpc) is 2.97. The predicted octanol–water partition coefficient (Wildman–Crippen LogP) is 0.816. The number of aromatic nitrogens is 2. The van der Waals surface area contributed by atoms with Crippen LogP contribution in [0, 0.1) is 5.41 Å². The second-order valence-corrected chi connectivity index (χ2v) is 5.09. The Kier molecular flexibility index (Phi) is 4.01. The lowest BCUT2D eigenvalue weighted by atomic mass is 9.81. The van der Waals surface area contributed by atoms with Gasteiger partial charge in [0.1, 0.15) is 5.82 Å². The standard InChI is InChI=1S/C13H22N4O/c1-3-4-13(5-6-14-10-13)12(18)16-9-11-15-7-8-17(11)2/h7-8,14H,3-6,9-10H2,1-2H3,(H,16,18). The van der Waals surface area contributed by atoms with Crippen LogP contribution in [-0.4, -0.2) is 28.5 Å². The predicted molar refractivity (Wildman–Crippen MR) is 69.9 cm³/mol. The van der Waals surface area contributed by atoms with Crippen LogP contribution in [0.4, 0.5) is 0 Å². The summed E-state index contributed by atoms with van der Waals surface area (Å²) in [5.74, 6) is 1.05. The second-order valence-electron chi connectivity index (χ2n) is 5.09. The monoisotopic (exact) mass is 250 g/mol. The summed E-state index contributed by atoms with van der Waals surface area (Å²) in [6, 6.07) is 0.